The Labute approximate surface area is 260 Å². The summed E-state index contributed by atoms with van der Waals surface area (Å²) in [5.41, 5.74) is 3.26. The third kappa shape index (κ3) is 7.53. The molecule has 3 aromatic rings. The van der Waals surface area contributed by atoms with Crippen molar-refractivity contribution in [1.29, 1.82) is 0 Å². The van der Waals surface area contributed by atoms with Gasteiger partial charge in [-0.3, -0.25) is 19.2 Å². The summed E-state index contributed by atoms with van der Waals surface area (Å²) in [6.45, 7) is 1.39. The van der Waals surface area contributed by atoms with Crippen molar-refractivity contribution in [3.8, 4) is 23.0 Å². The third-order valence-electron chi connectivity index (χ3n) is 6.85. The summed E-state index contributed by atoms with van der Waals surface area (Å²) in [6.07, 6.45) is 1.27. The molecule has 0 unspecified atom stereocenters. The minimum atomic E-state index is -4.42. The molecule has 1 fully saturated rings. The van der Waals surface area contributed by atoms with Crippen LogP contribution in [0.4, 0.5) is 17.1 Å². The fourth-order valence-electron chi connectivity index (χ4n) is 4.59. The molecule has 3 aromatic carbocycles. The van der Waals surface area contributed by atoms with Gasteiger partial charge < -0.3 is 28.6 Å². The van der Waals surface area contributed by atoms with Gasteiger partial charge in [-0.25, -0.2) is 13.8 Å². The highest BCUT2D eigenvalue weighted by Crippen LogP contribution is 2.37. The molecule has 0 bridgehead atoms. The smallest absolute Gasteiger partial charge is 0.270 e. The summed E-state index contributed by atoms with van der Waals surface area (Å²) in [5.74, 6) is 0.143. The van der Waals surface area contributed by atoms with Gasteiger partial charge in [0.25, 0.3) is 21.6 Å². The molecule has 0 spiro atoms. The first-order valence-corrected chi connectivity index (χ1v) is 15.0. The standard InChI is InChI=1S/C29H33N5O10S/c1-40-22-6-9-26(41-2)25(16-22)33(45(38,39)23-7-10-27(42-3)28(17-23)43-4)19-29(35)31-30-18-20-15-21(34(36)37)5-8-24(20)32-11-13-44-14-12-32/h5-10,15-18H,11-14,19H2,1-4H3,(H,31,35)/b30-18-. The maximum atomic E-state index is 14.1. The number of anilines is 2. The Kier molecular flexibility index (Phi) is 10.6. The van der Waals surface area contributed by atoms with E-state index in [1.807, 2.05) is 4.90 Å². The van der Waals surface area contributed by atoms with E-state index >= 15 is 0 Å². The van der Waals surface area contributed by atoms with Crippen molar-refractivity contribution < 1.29 is 41.8 Å². The van der Waals surface area contributed by atoms with Crippen molar-refractivity contribution in [2.75, 3.05) is 70.5 Å². The number of benzene rings is 3. The van der Waals surface area contributed by atoms with Crippen LogP contribution >= 0.6 is 0 Å². The molecule has 1 heterocycles. The van der Waals surface area contributed by atoms with Gasteiger partial charge in [-0.1, -0.05) is 0 Å². The Hall–Kier alpha value is -5.09. The van der Waals surface area contributed by atoms with E-state index in [4.69, 9.17) is 23.7 Å². The van der Waals surface area contributed by atoms with Crippen molar-refractivity contribution >= 4 is 39.2 Å². The first kappa shape index (κ1) is 32.8. The monoisotopic (exact) mass is 643 g/mol. The van der Waals surface area contributed by atoms with Crippen LogP contribution in [-0.2, 0) is 19.6 Å². The van der Waals surface area contributed by atoms with E-state index in [1.54, 1.807) is 12.1 Å². The number of hydrogen-bond donors (Lipinski definition) is 1. The van der Waals surface area contributed by atoms with Gasteiger partial charge in [0, 0.05) is 48.6 Å². The van der Waals surface area contributed by atoms with Gasteiger partial charge in [0.2, 0.25) is 0 Å². The lowest BCUT2D eigenvalue weighted by Crippen LogP contribution is -2.40. The number of ether oxygens (including phenoxy) is 5. The number of methoxy groups -OCH3 is 4. The second kappa shape index (κ2) is 14.6. The number of rotatable bonds is 13. The lowest BCUT2D eigenvalue weighted by Gasteiger charge is -2.29. The maximum absolute atomic E-state index is 14.1. The molecule has 0 aromatic heterocycles. The lowest BCUT2D eigenvalue weighted by atomic mass is 10.1. The molecule has 1 aliphatic heterocycles. The first-order chi connectivity index (χ1) is 21.6. The number of morpholine rings is 1. The number of non-ortho nitro benzene ring substituents is 1. The first-order valence-electron chi connectivity index (χ1n) is 13.5. The number of nitrogens with zero attached hydrogens (tertiary/aromatic N) is 4. The third-order valence-corrected chi connectivity index (χ3v) is 8.61. The molecule has 0 atom stereocenters. The average Bonchev–Trinajstić information content (AvgIpc) is 3.06. The molecule has 16 heteroatoms. The Morgan fingerprint density at radius 3 is 2.31 bits per heavy atom. The van der Waals surface area contributed by atoms with Gasteiger partial charge >= 0.3 is 0 Å². The summed E-state index contributed by atoms with van der Waals surface area (Å²) >= 11 is 0. The van der Waals surface area contributed by atoms with Gasteiger partial charge in [0.05, 0.1) is 63.4 Å². The van der Waals surface area contributed by atoms with Gasteiger partial charge in [-0.2, -0.15) is 5.10 Å². The zero-order valence-corrected chi connectivity index (χ0v) is 25.9. The number of carbonyl (C=O) groups excluding carboxylic acids is 1. The number of hydrogen-bond acceptors (Lipinski definition) is 12. The highest BCUT2D eigenvalue weighted by molar-refractivity contribution is 7.92. The number of nitro groups is 1. The second-order valence-corrected chi connectivity index (χ2v) is 11.3. The maximum Gasteiger partial charge on any atom is 0.270 e. The number of carbonyl (C=O) groups is 1. The molecular formula is C29H33N5O10S. The zero-order valence-electron chi connectivity index (χ0n) is 25.1. The molecule has 1 aliphatic rings. The molecule has 45 heavy (non-hydrogen) atoms. The van der Waals surface area contributed by atoms with Gasteiger partial charge in [0.15, 0.2) is 11.5 Å². The lowest BCUT2D eigenvalue weighted by molar-refractivity contribution is -0.384. The molecule has 0 saturated carbocycles. The van der Waals surface area contributed by atoms with Crippen LogP contribution in [-0.4, -0.2) is 86.8 Å². The fourth-order valence-corrected chi connectivity index (χ4v) is 6.03. The van der Waals surface area contributed by atoms with Crippen molar-refractivity contribution in [2.24, 2.45) is 5.10 Å². The number of nitrogens with one attached hydrogen (secondary N) is 1. The molecule has 1 N–H and O–H groups in total. The van der Waals surface area contributed by atoms with Crippen molar-refractivity contribution in [3.63, 3.8) is 0 Å². The van der Waals surface area contributed by atoms with Crippen LogP contribution in [0, 0.1) is 10.1 Å². The summed E-state index contributed by atoms with van der Waals surface area (Å²) in [6, 6.07) is 12.9. The molecule has 0 radical (unpaired) electrons. The number of sulfonamides is 1. The van der Waals surface area contributed by atoms with E-state index < -0.39 is 27.4 Å². The SMILES string of the molecule is COc1ccc(OC)c(N(CC(=O)N/N=C\c2cc([N+](=O)[O-])ccc2N2CCOCC2)S(=O)(=O)c2ccc(OC)c(OC)c2)c1. The summed E-state index contributed by atoms with van der Waals surface area (Å²) in [5, 5.41) is 15.4. The molecular weight excluding hydrogens is 610 g/mol. The van der Waals surface area contributed by atoms with E-state index in [2.05, 4.69) is 10.5 Å². The molecule has 1 amide bonds. The minimum absolute atomic E-state index is 0.0269. The average molecular weight is 644 g/mol. The van der Waals surface area contributed by atoms with Crippen LogP contribution in [0.1, 0.15) is 5.56 Å². The predicted molar refractivity (Wildman–Crippen MR) is 165 cm³/mol. The van der Waals surface area contributed by atoms with Crippen molar-refractivity contribution in [2.45, 2.75) is 4.90 Å². The fraction of sp³-hybridized carbons (Fsp3) is 0.310. The van der Waals surface area contributed by atoms with E-state index in [1.165, 1.54) is 77.1 Å². The van der Waals surface area contributed by atoms with Gasteiger partial charge in [-0.05, 0) is 30.3 Å². The minimum Gasteiger partial charge on any atom is -0.497 e. The molecule has 1 saturated heterocycles. The van der Waals surface area contributed by atoms with Crippen LogP contribution in [0.5, 0.6) is 23.0 Å². The summed E-state index contributed by atoms with van der Waals surface area (Å²) in [7, 11) is 1.15. The van der Waals surface area contributed by atoms with Crippen LogP contribution in [0.3, 0.4) is 0 Å². The quantitative estimate of drug-likeness (QED) is 0.165. The topological polar surface area (TPSA) is 171 Å². The number of nitro benzene ring substituents is 1. The predicted octanol–water partition coefficient (Wildman–Crippen LogP) is 2.81. The van der Waals surface area contributed by atoms with E-state index in [0.29, 0.717) is 49.1 Å². The molecule has 4 rings (SSSR count). The van der Waals surface area contributed by atoms with Crippen LogP contribution in [0.25, 0.3) is 0 Å². The summed E-state index contributed by atoms with van der Waals surface area (Å²) in [4.78, 5) is 25.9. The second-order valence-electron chi connectivity index (χ2n) is 9.46. The number of amides is 1. The normalized spacial score (nSPS) is 13.3. The van der Waals surface area contributed by atoms with Crippen LogP contribution in [0.15, 0.2) is 64.6 Å². The molecule has 240 valence electrons. The Bertz CT molecular complexity index is 1680. The van der Waals surface area contributed by atoms with E-state index in [9.17, 15) is 23.3 Å². The van der Waals surface area contributed by atoms with Gasteiger partial charge in [0.1, 0.15) is 18.0 Å². The van der Waals surface area contributed by atoms with Crippen molar-refractivity contribution in [3.05, 3.63) is 70.3 Å². The summed E-state index contributed by atoms with van der Waals surface area (Å²) < 4.78 is 55.6. The Morgan fingerprint density at radius 2 is 1.67 bits per heavy atom. The Balaban J connectivity index is 1.68. The van der Waals surface area contributed by atoms with Crippen LogP contribution in [0.2, 0.25) is 0 Å². The molecule has 15 nitrogen and oxygen atoms in total. The van der Waals surface area contributed by atoms with E-state index in [-0.39, 0.29) is 27.8 Å². The van der Waals surface area contributed by atoms with Crippen LogP contribution < -0.4 is 33.6 Å². The highest BCUT2D eigenvalue weighted by Gasteiger charge is 2.31. The zero-order chi connectivity index (χ0) is 32.6. The highest BCUT2D eigenvalue weighted by atomic mass is 32.2. The number of hydrazone groups is 1. The van der Waals surface area contributed by atoms with E-state index in [0.717, 1.165) is 4.31 Å². The molecule has 0 aliphatic carbocycles. The van der Waals surface area contributed by atoms with Crippen molar-refractivity contribution in [1.82, 2.24) is 5.43 Å². The van der Waals surface area contributed by atoms with Gasteiger partial charge in [-0.15, -0.1) is 0 Å². The Morgan fingerprint density at radius 1 is 0.978 bits per heavy atom. The largest absolute Gasteiger partial charge is 0.497 e.